The number of cyclic esters (lactones) is 2. The first-order chi connectivity index (χ1) is 10.9. The molecule has 8 heteroatoms. The highest BCUT2D eigenvalue weighted by molar-refractivity contribution is 9.10. The molecule has 1 aromatic rings. The monoisotopic (exact) mass is 383 g/mol. The maximum Gasteiger partial charge on any atom is 0.329 e. The fraction of sp³-hybridized carbons (Fsp3) is 0.400. The van der Waals surface area contributed by atoms with Crippen LogP contribution in [0.15, 0.2) is 21.6 Å². The Morgan fingerprint density at radius 3 is 2.30 bits per heavy atom. The van der Waals surface area contributed by atoms with Gasteiger partial charge >= 0.3 is 11.9 Å². The molecular weight excluding hydrogens is 370 g/mol. The van der Waals surface area contributed by atoms with Crippen LogP contribution in [0.2, 0.25) is 0 Å². The smallest absolute Gasteiger partial charge is 0.329 e. The number of benzene rings is 1. The number of carbonyl (C=O) groups excluding carboxylic acids is 2. The largest absolute Gasteiger partial charge is 0.486 e. The molecule has 122 valence electrons. The quantitative estimate of drug-likeness (QED) is 0.442. The SMILES string of the molecule is CC1(C)OC(=O)C(C=Nc2cc3c(cc2Br)OCCO3)C(=O)O1. The van der Waals surface area contributed by atoms with Crippen LogP contribution in [0.5, 0.6) is 11.5 Å². The third-order valence-corrected chi connectivity index (χ3v) is 3.81. The van der Waals surface area contributed by atoms with Crippen molar-refractivity contribution in [2.45, 2.75) is 19.6 Å². The summed E-state index contributed by atoms with van der Waals surface area (Å²) in [5, 5.41) is 0. The van der Waals surface area contributed by atoms with Crippen molar-refractivity contribution in [3.05, 3.63) is 16.6 Å². The minimum atomic E-state index is -1.25. The Kier molecular flexibility index (Phi) is 4.01. The maximum absolute atomic E-state index is 11.9. The molecule has 3 rings (SSSR count). The predicted molar refractivity (Wildman–Crippen MR) is 83.0 cm³/mol. The molecule has 0 N–H and O–H groups in total. The first kappa shape index (κ1) is 15.8. The van der Waals surface area contributed by atoms with Gasteiger partial charge in [-0.25, -0.2) is 0 Å². The Hall–Kier alpha value is -2.09. The fourth-order valence-electron chi connectivity index (χ4n) is 2.16. The molecule has 0 bridgehead atoms. The Bertz CT molecular complexity index is 679. The maximum atomic E-state index is 11.9. The lowest BCUT2D eigenvalue weighted by atomic mass is 10.1. The number of carbonyl (C=O) groups is 2. The van der Waals surface area contributed by atoms with E-state index in [2.05, 4.69) is 20.9 Å². The number of nitrogens with zero attached hydrogens (tertiary/aromatic N) is 1. The molecule has 0 atom stereocenters. The fourth-order valence-corrected chi connectivity index (χ4v) is 2.58. The molecule has 0 aromatic heterocycles. The Morgan fingerprint density at radius 1 is 1.13 bits per heavy atom. The summed E-state index contributed by atoms with van der Waals surface area (Å²) in [5.41, 5.74) is 0.500. The summed E-state index contributed by atoms with van der Waals surface area (Å²) in [5.74, 6) is -2.66. The standard InChI is InChI=1S/C15H14BrNO6/c1-15(2)22-13(18)8(14(19)23-15)7-17-10-6-12-11(5-9(10)16)20-3-4-21-12/h5-8H,3-4H2,1-2H3. The van der Waals surface area contributed by atoms with Crippen LogP contribution in [-0.4, -0.2) is 37.2 Å². The van der Waals surface area contributed by atoms with Gasteiger partial charge in [-0.1, -0.05) is 0 Å². The van der Waals surface area contributed by atoms with E-state index in [4.69, 9.17) is 18.9 Å². The van der Waals surface area contributed by atoms with Gasteiger partial charge in [0.2, 0.25) is 0 Å². The van der Waals surface area contributed by atoms with Gasteiger partial charge < -0.3 is 18.9 Å². The zero-order valence-electron chi connectivity index (χ0n) is 12.5. The molecular formula is C15H14BrNO6. The van der Waals surface area contributed by atoms with E-state index in [1.807, 2.05) is 0 Å². The number of aliphatic imine (C=N–C) groups is 1. The molecule has 1 aromatic carbocycles. The summed E-state index contributed by atoms with van der Waals surface area (Å²) in [6, 6.07) is 3.39. The summed E-state index contributed by atoms with van der Waals surface area (Å²) >= 11 is 3.37. The van der Waals surface area contributed by atoms with Crippen LogP contribution in [0, 0.1) is 5.92 Å². The number of halogens is 1. The number of fused-ring (bicyclic) bond motifs is 1. The zero-order chi connectivity index (χ0) is 16.6. The molecule has 0 unspecified atom stereocenters. The molecule has 2 aliphatic rings. The molecule has 1 fully saturated rings. The molecule has 2 heterocycles. The van der Waals surface area contributed by atoms with E-state index in [-0.39, 0.29) is 0 Å². The summed E-state index contributed by atoms with van der Waals surface area (Å²) in [6.45, 7) is 3.92. The normalized spacial score (nSPS) is 20.3. The van der Waals surface area contributed by atoms with E-state index < -0.39 is 23.6 Å². The third kappa shape index (κ3) is 3.31. The highest BCUT2D eigenvalue weighted by Gasteiger charge is 2.42. The average Bonchev–Trinajstić information content (AvgIpc) is 2.45. The molecule has 7 nitrogen and oxygen atoms in total. The second-order valence-corrected chi connectivity index (χ2v) is 6.30. The van der Waals surface area contributed by atoms with Crippen LogP contribution >= 0.6 is 15.9 Å². The van der Waals surface area contributed by atoms with Crippen molar-refractivity contribution in [2.75, 3.05) is 13.2 Å². The van der Waals surface area contributed by atoms with Crippen LogP contribution in [-0.2, 0) is 19.1 Å². The molecule has 0 radical (unpaired) electrons. The van der Waals surface area contributed by atoms with Crippen molar-refractivity contribution in [3.63, 3.8) is 0 Å². The second kappa shape index (κ2) is 5.84. The Balaban J connectivity index is 1.83. The van der Waals surface area contributed by atoms with Gasteiger partial charge in [0.1, 0.15) is 13.2 Å². The molecule has 0 spiro atoms. The van der Waals surface area contributed by atoms with Gasteiger partial charge in [-0.3, -0.25) is 14.6 Å². The van der Waals surface area contributed by atoms with Gasteiger partial charge in [0.25, 0.3) is 5.79 Å². The average molecular weight is 384 g/mol. The highest BCUT2D eigenvalue weighted by Crippen LogP contribution is 2.39. The third-order valence-electron chi connectivity index (χ3n) is 3.17. The molecule has 0 aliphatic carbocycles. The first-order valence-corrected chi connectivity index (χ1v) is 7.74. The molecule has 0 amide bonds. The summed E-state index contributed by atoms with van der Waals surface area (Å²) in [7, 11) is 0. The number of hydrogen-bond acceptors (Lipinski definition) is 7. The van der Waals surface area contributed by atoms with E-state index in [1.165, 1.54) is 20.1 Å². The van der Waals surface area contributed by atoms with Gasteiger partial charge in [-0.05, 0) is 15.9 Å². The van der Waals surface area contributed by atoms with Gasteiger partial charge in [0, 0.05) is 36.7 Å². The van der Waals surface area contributed by atoms with Crippen molar-refractivity contribution in [1.82, 2.24) is 0 Å². The van der Waals surface area contributed by atoms with Gasteiger partial charge in [0.05, 0.1) is 5.69 Å². The van der Waals surface area contributed by atoms with Gasteiger partial charge in [-0.15, -0.1) is 0 Å². The van der Waals surface area contributed by atoms with E-state index in [0.29, 0.717) is 34.9 Å². The minimum Gasteiger partial charge on any atom is -0.486 e. The summed E-state index contributed by atoms with van der Waals surface area (Å²) in [6.07, 6.45) is 1.20. The van der Waals surface area contributed by atoms with Crippen LogP contribution in [0.1, 0.15) is 13.8 Å². The minimum absolute atomic E-state index is 0.453. The molecule has 0 saturated carbocycles. The van der Waals surface area contributed by atoms with E-state index in [1.54, 1.807) is 12.1 Å². The van der Waals surface area contributed by atoms with Crippen LogP contribution in [0.25, 0.3) is 0 Å². The number of esters is 2. The lowest BCUT2D eigenvalue weighted by Gasteiger charge is -2.31. The second-order valence-electron chi connectivity index (χ2n) is 5.45. The van der Waals surface area contributed by atoms with Gasteiger partial charge in [-0.2, -0.15) is 0 Å². The lowest BCUT2D eigenvalue weighted by molar-refractivity contribution is -0.235. The predicted octanol–water partition coefficient (Wildman–Crippen LogP) is 2.37. The van der Waals surface area contributed by atoms with Crippen LogP contribution in [0.4, 0.5) is 5.69 Å². The Morgan fingerprint density at radius 2 is 1.70 bits per heavy atom. The van der Waals surface area contributed by atoms with Crippen molar-refractivity contribution < 1.29 is 28.5 Å². The van der Waals surface area contributed by atoms with E-state index >= 15 is 0 Å². The van der Waals surface area contributed by atoms with Crippen molar-refractivity contribution in [1.29, 1.82) is 0 Å². The Labute approximate surface area is 140 Å². The molecule has 1 saturated heterocycles. The zero-order valence-corrected chi connectivity index (χ0v) is 14.1. The van der Waals surface area contributed by atoms with Crippen molar-refractivity contribution in [3.8, 4) is 11.5 Å². The number of hydrogen-bond donors (Lipinski definition) is 0. The van der Waals surface area contributed by atoms with Gasteiger partial charge in [0.15, 0.2) is 17.4 Å². The van der Waals surface area contributed by atoms with Crippen molar-refractivity contribution in [2.24, 2.45) is 10.9 Å². The van der Waals surface area contributed by atoms with Crippen LogP contribution in [0.3, 0.4) is 0 Å². The molecule has 2 aliphatic heterocycles. The number of ether oxygens (including phenoxy) is 4. The lowest BCUT2D eigenvalue weighted by Crippen LogP contribution is -2.46. The van der Waals surface area contributed by atoms with E-state index in [9.17, 15) is 9.59 Å². The number of rotatable bonds is 2. The first-order valence-electron chi connectivity index (χ1n) is 6.95. The summed E-state index contributed by atoms with van der Waals surface area (Å²) < 4.78 is 21.7. The summed E-state index contributed by atoms with van der Waals surface area (Å²) in [4.78, 5) is 28.0. The van der Waals surface area contributed by atoms with Crippen LogP contribution < -0.4 is 9.47 Å². The van der Waals surface area contributed by atoms with Crippen molar-refractivity contribution >= 4 is 39.8 Å². The van der Waals surface area contributed by atoms with E-state index in [0.717, 1.165) is 0 Å². The molecule has 23 heavy (non-hydrogen) atoms. The topological polar surface area (TPSA) is 83.4 Å². The highest BCUT2D eigenvalue weighted by atomic mass is 79.9.